The normalized spacial score (nSPS) is 12.7. The predicted octanol–water partition coefficient (Wildman–Crippen LogP) is 3.71. The molecule has 0 aliphatic heterocycles. The maximum Gasteiger partial charge on any atom is 0.123 e. The molecule has 4 heteroatoms. The summed E-state index contributed by atoms with van der Waals surface area (Å²) < 4.78 is 13.2. The van der Waals surface area contributed by atoms with Crippen molar-refractivity contribution in [1.29, 1.82) is 0 Å². The topological polar surface area (TPSA) is 38.9 Å². The Morgan fingerprint density at radius 3 is 2.89 bits per heavy atom. The minimum Gasteiger partial charge on any atom is -0.330 e. The summed E-state index contributed by atoms with van der Waals surface area (Å²) in [6.45, 7) is 4.83. The van der Waals surface area contributed by atoms with E-state index in [4.69, 9.17) is 5.73 Å². The molecule has 2 rings (SSSR count). The van der Waals surface area contributed by atoms with Gasteiger partial charge in [0.1, 0.15) is 10.8 Å². The molecule has 0 saturated heterocycles. The van der Waals surface area contributed by atoms with Crippen LogP contribution in [-0.2, 0) is 0 Å². The summed E-state index contributed by atoms with van der Waals surface area (Å²) in [5.41, 5.74) is 7.46. The van der Waals surface area contributed by atoms with Crippen molar-refractivity contribution in [2.45, 2.75) is 26.2 Å². The average Bonchev–Trinajstić information content (AvgIpc) is 2.72. The molecule has 0 saturated carbocycles. The Labute approximate surface area is 111 Å². The Hall–Kier alpha value is -1.26. The Balaban J connectivity index is 2.34. The molecule has 0 aliphatic rings. The van der Waals surface area contributed by atoms with E-state index in [9.17, 15) is 4.39 Å². The molecule has 1 aromatic carbocycles. The number of nitrogens with zero attached hydrogens (tertiary/aromatic N) is 1. The number of rotatable bonds is 4. The highest BCUT2D eigenvalue weighted by Gasteiger charge is 2.14. The number of thiazole rings is 1. The van der Waals surface area contributed by atoms with Crippen molar-refractivity contribution in [3.8, 4) is 10.6 Å². The molecule has 1 unspecified atom stereocenters. The second-order valence-corrected chi connectivity index (χ2v) is 5.49. The Bertz CT molecular complexity index is 536. The third kappa shape index (κ3) is 2.76. The summed E-state index contributed by atoms with van der Waals surface area (Å²) in [5, 5.41) is 0.880. The summed E-state index contributed by atoms with van der Waals surface area (Å²) in [5.74, 6) is 0.187. The first-order chi connectivity index (χ1) is 8.61. The van der Waals surface area contributed by atoms with E-state index in [2.05, 4.69) is 11.9 Å². The molecule has 1 aromatic heterocycles. The van der Waals surface area contributed by atoms with Gasteiger partial charge < -0.3 is 5.73 Å². The summed E-state index contributed by atoms with van der Waals surface area (Å²) in [6, 6.07) is 6.57. The van der Waals surface area contributed by atoms with Gasteiger partial charge in [-0.05, 0) is 37.9 Å². The van der Waals surface area contributed by atoms with Gasteiger partial charge >= 0.3 is 0 Å². The van der Waals surface area contributed by atoms with Crippen molar-refractivity contribution in [2.24, 2.45) is 5.73 Å². The molecule has 0 fully saturated rings. The number of halogens is 1. The summed E-state index contributed by atoms with van der Waals surface area (Å²) in [4.78, 5) is 5.79. The highest BCUT2D eigenvalue weighted by molar-refractivity contribution is 7.15. The minimum atomic E-state index is -0.225. The lowest BCUT2D eigenvalue weighted by atomic mass is 10.1. The van der Waals surface area contributed by atoms with E-state index < -0.39 is 0 Å². The molecule has 0 aliphatic carbocycles. The molecule has 2 N–H and O–H groups in total. The second kappa shape index (κ2) is 5.59. The molecular weight excluding hydrogens is 247 g/mol. The average molecular weight is 264 g/mol. The van der Waals surface area contributed by atoms with Crippen molar-refractivity contribution in [2.75, 3.05) is 6.54 Å². The maximum atomic E-state index is 13.2. The molecule has 2 nitrogen and oxygen atoms in total. The molecule has 1 heterocycles. The van der Waals surface area contributed by atoms with Crippen LogP contribution in [0.2, 0.25) is 0 Å². The van der Waals surface area contributed by atoms with E-state index >= 15 is 0 Å². The van der Waals surface area contributed by atoms with E-state index in [0.717, 1.165) is 22.7 Å². The first kappa shape index (κ1) is 13.2. The van der Waals surface area contributed by atoms with E-state index in [0.29, 0.717) is 12.5 Å². The lowest BCUT2D eigenvalue weighted by Crippen LogP contribution is -2.04. The monoisotopic (exact) mass is 264 g/mol. The van der Waals surface area contributed by atoms with Gasteiger partial charge in [-0.1, -0.05) is 19.1 Å². The first-order valence-electron chi connectivity index (χ1n) is 6.05. The van der Waals surface area contributed by atoms with Crippen molar-refractivity contribution in [3.05, 3.63) is 40.7 Å². The number of hydrogen-bond acceptors (Lipinski definition) is 3. The van der Waals surface area contributed by atoms with Crippen molar-refractivity contribution in [1.82, 2.24) is 4.98 Å². The quantitative estimate of drug-likeness (QED) is 0.914. The van der Waals surface area contributed by atoms with Gasteiger partial charge in [0.05, 0.1) is 5.69 Å². The Morgan fingerprint density at radius 2 is 2.22 bits per heavy atom. The lowest BCUT2D eigenvalue weighted by molar-refractivity contribution is 0.628. The van der Waals surface area contributed by atoms with Crippen LogP contribution in [0, 0.1) is 12.7 Å². The number of hydrogen-bond donors (Lipinski definition) is 1. The lowest BCUT2D eigenvalue weighted by Gasteiger charge is -2.07. The van der Waals surface area contributed by atoms with Crippen LogP contribution in [-0.4, -0.2) is 11.5 Å². The minimum absolute atomic E-state index is 0.225. The van der Waals surface area contributed by atoms with E-state index in [1.165, 1.54) is 17.0 Å². The van der Waals surface area contributed by atoms with Crippen molar-refractivity contribution < 1.29 is 4.39 Å². The van der Waals surface area contributed by atoms with Crippen molar-refractivity contribution in [3.63, 3.8) is 0 Å². The van der Waals surface area contributed by atoms with Crippen LogP contribution in [0.5, 0.6) is 0 Å². The zero-order valence-electron chi connectivity index (χ0n) is 10.6. The van der Waals surface area contributed by atoms with E-state index in [-0.39, 0.29) is 5.82 Å². The molecule has 0 radical (unpaired) electrons. The summed E-state index contributed by atoms with van der Waals surface area (Å²) in [6.07, 6.45) is 0.950. The molecule has 1 atom stereocenters. The molecule has 2 aromatic rings. The van der Waals surface area contributed by atoms with E-state index in [1.807, 2.05) is 13.0 Å². The molecule has 96 valence electrons. The number of benzene rings is 1. The van der Waals surface area contributed by atoms with Gasteiger partial charge in [0, 0.05) is 10.4 Å². The zero-order chi connectivity index (χ0) is 13.1. The van der Waals surface area contributed by atoms with Gasteiger partial charge in [-0.25, -0.2) is 9.37 Å². The van der Waals surface area contributed by atoms with Gasteiger partial charge in [0.15, 0.2) is 0 Å². The van der Waals surface area contributed by atoms with Gasteiger partial charge in [-0.2, -0.15) is 0 Å². The third-order valence-corrected chi connectivity index (χ3v) is 4.39. The largest absolute Gasteiger partial charge is 0.330 e. The van der Waals surface area contributed by atoms with Crippen LogP contribution in [0.25, 0.3) is 10.6 Å². The number of aromatic nitrogens is 1. The van der Waals surface area contributed by atoms with Gasteiger partial charge in [0.25, 0.3) is 0 Å². The third-order valence-electron chi connectivity index (χ3n) is 2.95. The van der Waals surface area contributed by atoms with Crippen LogP contribution < -0.4 is 5.73 Å². The fourth-order valence-electron chi connectivity index (χ4n) is 1.99. The molecule has 0 spiro atoms. The van der Waals surface area contributed by atoms with Crippen LogP contribution in [0.1, 0.15) is 29.8 Å². The standard InChI is InChI=1S/C14H17FN2S/c1-9(6-7-16)13-10(2)17-14(18-13)11-4-3-5-12(15)8-11/h3-5,8-9H,6-7,16H2,1-2H3. The predicted molar refractivity (Wildman–Crippen MR) is 74.3 cm³/mol. The molecule has 0 amide bonds. The van der Waals surface area contributed by atoms with Crippen LogP contribution in [0.3, 0.4) is 0 Å². The van der Waals surface area contributed by atoms with Crippen LogP contribution in [0.15, 0.2) is 24.3 Å². The number of aryl methyl sites for hydroxylation is 1. The van der Waals surface area contributed by atoms with Crippen LogP contribution in [0.4, 0.5) is 4.39 Å². The highest BCUT2D eigenvalue weighted by Crippen LogP contribution is 2.33. The smallest absolute Gasteiger partial charge is 0.123 e. The van der Waals surface area contributed by atoms with Crippen molar-refractivity contribution >= 4 is 11.3 Å². The Kier molecular flexibility index (Phi) is 4.09. The summed E-state index contributed by atoms with van der Waals surface area (Å²) >= 11 is 1.64. The molecular formula is C14H17FN2S. The fourth-order valence-corrected chi connectivity index (χ4v) is 3.14. The fraction of sp³-hybridized carbons (Fsp3) is 0.357. The highest BCUT2D eigenvalue weighted by atomic mass is 32.1. The van der Waals surface area contributed by atoms with E-state index in [1.54, 1.807) is 17.4 Å². The second-order valence-electron chi connectivity index (χ2n) is 4.46. The molecule has 0 bridgehead atoms. The number of nitrogens with two attached hydrogens (primary N) is 1. The first-order valence-corrected chi connectivity index (χ1v) is 6.86. The molecule has 18 heavy (non-hydrogen) atoms. The summed E-state index contributed by atoms with van der Waals surface area (Å²) in [7, 11) is 0. The van der Waals surface area contributed by atoms with Gasteiger partial charge in [0.2, 0.25) is 0 Å². The van der Waals surface area contributed by atoms with Gasteiger partial charge in [-0.3, -0.25) is 0 Å². The zero-order valence-corrected chi connectivity index (χ0v) is 11.4. The van der Waals surface area contributed by atoms with Gasteiger partial charge in [-0.15, -0.1) is 11.3 Å². The Morgan fingerprint density at radius 1 is 1.44 bits per heavy atom. The maximum absolute atomic E-state index is 13.2. The van der Waals surface area contributed by atoms with Crippen LogP contribution >= 0.6 is 11.3 Å². The SMILES string of the molecule is Cc1nc(-c2cccc(F)c2)sc1C(C)CCN.